The van der Waals surface area contributed by atoms with E-state index in [4.69, 9.17) is 38.0 Å². The van der Waals surface area contributed by atoms with Crippen molar-refractivity contribution in [3.05, 3.63) is 40.9 Å². The molecule has 2 aromatic carbocycles. The molecule has 0 amide bonds. The lowest BCUT2D eigenvalue weighted by atomic mass is 10.2. The van der Waals surface area contributed by atoms with Crippen LogP contribution in [0.4, 0.5) is 11.4 Å². The summed E-state index contributed by atoms with van der Waals surface area (Å²) in [6, 6.07) is 9.24. The van der Waals surface area contributed by atoms with E-state index >= 15 is 0 Å². The number of hydrogen-bond acceptors (Lipinski definition) is 4. The molecular weight excluding hydrogens is 348 g/mol. The van der Waals surface area contributed by atoms with Crippen molar-refractivity contribution < 1.29 is 14.2 Å². The number of ether oxygens (including phenoxy) is 3. The molecule has 0 spiro atoms. The van der Waals surface area contributed by atoms with Crippen molar-refractivity contribution in [1.82, 2.24) is 0 Å². The van der Waals surface area contributed by atoms with Crippen molar-refractivity contribution >= 4 is 40.3 Å². The molecular formula is C17H19ClN2O3S. The minimum atomic E-state index is 0.398. The first-order valence-corrected chi connectivity index (χ1v) is 7.91. The lowest BCUT2D eigenvalue weighted by Gasteiger charge is -2.16. The van der Waals surface area contributed by atoms with Crippen molar-refractivity contribution in [3.63, 3.8) is 0 Å². The van der Waals surface area contributed by atoms with Crippen molar-refractivity contribution in [2.45, 2.75) is 6.92 Å². The van der Waals surface area contributed by atoms with Crippen LogP contribution in [-0.2, 0) is 0 Å². The molecule has 0 atom stereocenters. The van der Waals surface area contributed by atoms with Gasteiger partial charge in [-0.05, 0) is 36.8 Å². The van der Waals surface area contributed by atoms with Crippen LogP contribution >= 0.6 is 23.8 Å². The lowest BCUT2D eigenvalue weighted by Crippen LogP contribution is -2.19. The van der Waals surface area contributed by atoms with E-state index in [1.807, 2.05) is 25.1 Å². The van der Waals surface area contributed by atoms with Gasteiger partial charge < -0.3 is 24.8 Å². The summed E-state index contributed by atoms with van der Waals surface area (Å²) in [5.41, 5.74) is 2.51. The van der Waals surface area contributed by atoms with Crippen LogP contribution in [0.3, 0.4) is 0 Å². The normalized spacial score (nSPS) is 10.0. The Morgan fingerprint density at radius 3 is 2.08 bits per heavy atom. The Labute approximate surface area is 151 Å². The van der Waals surface area contributed by atoms with Crippen molar-refractivity contribution in [2.24, 2.45) is 0 Å². The van der Waals surface area contributed by atoms with E-state index in [1.54, 1.807) is 33.5 Å². The highest BCUT2D eigenvalue weighted by Gasteiger charge is 2.14. The SMILES string of the molecule is COc1cc(NC(=S)Nc2ccc(C)cc2Cl)cc(OC)c1OC. The molecule has 24 heavy (non-hydrogen) atoms. The topological polar surface area (TPSA) is 51.8 Å². The maximum absolute atomic E-state index is 6.21. The Bertz CT molecular complexity index is 728. The van der Waals surface area contributed by atoms with Gasteiger partial charge in [-0.25, -0.2) is 0 Å². The lowest BCUT2D eigenvalue weighted by molar-refractivity contribution is 0.324. The first-order valence-electron chi connectivity index (χ1n) is 7.12. The predicted octanol–water partition coefficient (Wildman–Crippen LogP) is 4.48. The number of methoxy groups -OCH3 is 3. The quantitative estimate of drug-likeness (QED) is 0.761. The molecule has 5 nitrogen and oxygen atoms in total. The largest absolute Gasteiger partial charge is 0.493 e. The van der Waals surface area contributed by atoms with Gasteiger partial charge in [0.05, 0.1) is 32.0 Å². The fourth-order valence-electron chi connectivity index (χ4n) is 2.16. The summed E-state index contributed by atoms with van der Waals surface area (Å²) in [5, 5.41) is 7.14. The number of rotatable bonds is 5. The molecule has 0 aromatic heterocycles. The number of nitrogens with one attached hydrogen (secondary N) is 2. The van der Waals surface area contributed by atoms with Crippen molar-refractivity contribution in [2.75, 3.05) is 32.0 Å². The highest BCUT2D eigenvalue weighted by atomic mass is 35.5. The van der Waals surface area contributed by atoms with Crippen molar-refractivity contribution in [1.29, 1.82) is 0 Å². The summed E-state index contributed by atoms with van der Waals surface area (Å²) in [5.74, 6) is 1.59. The molecule has 7 heteroatoms. The summed E-state index contributed by atoms with van der Waals surface area (Å²) in [6.07, 6.45) is 0. The molecule has 0 unspecified atom stereocenters. The minimum Gasteiger partial charge on any atom is -0.493 e. The monoisotopic (exact) mass is 366 g/mol. The number of anilines is 2. The Kier molecular flexibility index (Phi) is 6.11. The highest BCUT2D eigenvalue weighted by molar-refractivity contribution is 7.80. The second kappa shape index (κ2) is 8.08. The van der Waals surface area contributed by atoms with Crippen LogP contribution < -0.4 is 24.8 Å². The average Bonchev–Trinajstić information content (AvgIpc) is 2.56. The second-order valence-electron chi connectivity index (χ2n) is 4.98. The summed E-state index contributed by atoms with van der Waals surface area (Å²) < 4.78 is 15.9. The summed E-state index contributed by atoms with van der Waals surface area (Å²) in [4.78, 5) is 0. The summed E-state index contributed by atoms with van der Waals surface area (Å²) in [7, 11) is 4.67. The zero-order valence-electron chi connectivity index (χ0n) is 13.9. The van der Waals surface area contributed by atoms with E-state index < -0.39 is 0 Å². The zero-order valence-corrected chi connectivity index (χ0v) is 15.5. The summed E-state index contributed by atoms with van der Waals surface area (Å²) in [6.45, 7) is 1.97. The predicted molar refractivity (Wildman–Crippen MR) is 102 cm³/mol. The molecule has 2 rings (SSSR count). The average molecular weight is 367 g/mol. The van der Waals surface area contributed by atoms with Crippen LogP contribution in [-0.4, -0.2) is 26.4 Å². The van der Waals surface area contributed by atoms with Crippen LogP contribution in [0.1, 0.15) is 5.56 Å². The standard InChI is InChI=1S/C17H19ClN2O3S/c1-10-5-6-13(12(18)7-10)20-17(24)19-11-8-14(21-2)16(23-4)15(9-11)22-3/h5-9H,1-4H3,(H2,19,20,24). The Morgan fingerprint density at radius 1 is 0.958 bits per heavy atom. The van der Waals surface area contributed by atoms with Gasteiger partial charge >= 0.3 is 0 Å². The molecule has 128 valence electrons. The third-order valence-electron chi connectivity index (χ3n) is 3.30. The minimum absolute atomic E-state index is 0.398. The third-order valence-corrected chi connectivity index (χ3v) is 3.81. The van der Waals surface area contributed by atoms with Crippen LogP contribution in [0.15, 0.2) is 30.3 Å². The van der Waals surface area contributed by atoms with E-state index in [1.165, 1.54) is 0 Å². The van der Waals surface area contributed by atoms with Gasteiger partial charge in [-0.15, -0.1) is 0 Å². The first-order chi connectivity index (χ1) is 11.5. The third kappa shape index (κ3) is 4.21. The van der Waals surface area contributed by atoms with Gasteiger partial charge in [0, 0.05) is 17.8 Å². The maximum atomic E-state index is 6.21. The van der Waals surface area contributed by atoms with E-state index in [9.17, 15) is 0 Å². The number of thiocarbonyl (C=S) groups is 1. The number of aryl methyl sites for hydroxylation is 1. The molecule has 0 heterocycles. The summed E-state index contributed by atoms with van der Waals surface area (Å²) >= 11 is 11.5. The van der Waals surface area contributed by atoms with E-state index in [0.717, 1.165) is 11.3 Å². The molecule has 0 saturated heterocycles. The molecule has 0 aliphatic rings. The van der Waals surface area contributed by atoms with Crippen LogP contribution in [0.5, 0.6) is 17.2 Å². The first kappa shape index (κ1) is 18.2. The van der Waals surface area contributed by atoms with E-state index in [0.29, 0.717) is 33.1 Å². The molecule has 0 bridgehead atoms. The fourth-order valence-corrected chi connectivity index (χ4v) is 2.67. The Balaban J connectivity index is 2.19. The van der Waals surface area contributed by atoms with Gasteiger partial charge in [0.1, 0.15) is 0 Å². The molecule has 2 N–H and O–H groups in total. The molecule has 0 aliphatic heterocycles. The van der Waals surface area contributed by atoms with Gasteiger partial charge in [0.25, 0.3) is 0 Å². The van der Waals surface area contributed by atoms with E-state index in [2.05, 4.69) is 10.6 Å². The number of hydrogen-bond donors (Lipinski definition) is 2. The molecule has 0 fully saturated rings. The molecule has 0 radical (unpaired) electrons. The highest BCUT2D eigenvalue weighted by Crippen LogP contribution is 2.40. The van der Waals surface area contributed by atoms with Gasteiger partial charge in [0.15, 0.2) is 16.6 Å². The molecule has 2 aromatic rings. The van der Waals surface area contributed by atoms with Crippen LogP contribution in [0, 0.1) is 6.92 Å². The van der Waals surface area contributed by atoms with Gasteiger partial charge in [-0.3, -0.25) is 0 Å². The fraction of sp³-hybridized carbons (Fsp3) is 0.235. The van der Waals surface area contributed by atoms with Crippen LogP contribution in [0.25, 0.3) is 0 Å². The molecule has 0 saturated carbocycles. The van der Waals surface area contributed by atoms with Crippen molar-refractivity contribution in [3.8, 4) is 17.2 Å². The Hall–Kier alpha value is -2.18. The second-order valence-corrected chi connectivity index (χ2v) is 5.79. The number of halogens is 1. The zero-order chi connectivity index (χ0) is 17.7. The van der Waals surface area contributed by atoms with Gasteiger partial charge in [-0.2, -0.15) is 0 Å². The van der Waals surface area contributed by atoms with E-state index in [-0.39, 0.29) is 0 Å². The smallest absolute Gasteiger partial charge is 0.203 e. The molecule has 0 aliphatic carbocycles. The van der Waals surface area contributed by atoms with Gasteiger partial charge in [0.2, 0.25) is 5.75 Å². The Morgan fingerprint density at radius 2 is 1.58 bits per heavy atom. The number of benzene rings is 2. The van der Waals surface area contributed by atoms with Crippen LogP contribution in [0.2, 0.25) is 5.02 Å². The maximum Gasteiger partial charge on any atom is 0.203 e. The van der Waals surface area contributed by atoms with Gasteiger partial charge in [-0.1, -0.05) is 17.7 Å².